The maximum absolute atomic E-state index is 6.25. The van der Waals surface area contributed by atoms with Crippen LogP contribution in [0.5, 0.6) is 5.75 Å². The molecule has 21 heavy (non-hydrogen) atoms. The van der Waals surface area contributed by atoms with Gasteiger partial charge in [0.1, 0.15) is 21.8 Å². The minimum absolute atomic E-state index is 0.132. The van der Waals surface area contributed by atoms with Crippen LogP contribution in [-0.4, -0.2) is 17.1 Å². The molecule has 2 aromatic rings. The zero-order valence-electron chi connectivity index (χ0n) is 12.9. The molecular formula is C16H19ClN2OS. The summed E-state index contributed by atoms with van der Waals surface area (Å²) in [5.74, 6) is 1.60. The van der Waals surface area contributed by atoms with Gasteiger partial charge in [-0.1, -0.05) is 44.1 Å². The molecule has 1 aromatic heterocycles. The second-order valence-corrected chi connectivity index (χ2v) is 7.22. The number of ether oxygens (including phenoxy) is 1. The Labute approximate surface area is 135 Å². The Balaban J connectivity index is 2.36. The largest absolute Gasteiger partial charge is 0.497 e. The van der Waals surface area contributed by atoms with Crippen molar-refractivity contribution in [2.24, 2.45) is 0 Å². The van der Waals surface area contributed by atoms with Gasteiger partial charge >= 0.3 is 0 Å². The molecule has 5 heteroatoms. The molecule has 0 amide bonds. The Morgan fingerprint density at radius 2 is 1.71 bits per heavy atom. The first-order valence-electron chi connectivity index (χ1n) is 6.68. The third-order valence-corrected chi connectivity index (χ3v) is 4.45. The number of halogens is 1. The average Bonchev–Trinajstić information content (AvgIpc) is 2.43. The van der Waals surface area contributed by atoms with E-state index < -0.39 is 0 Å². The molecule has 0 radical (unpaired) electrons. The van der Waals surface area contributed by atoms with E-state index in [9.17, 15) is 0 Å². The molecule has 112 valence electrons. The van der Waals surface area contributed by atoms with Crippen molar-refractivity contribution in [3.8, 4) is 5.75 Å². The van der Waals surface area contributed by atoms with Gasteiger partial charge in [-0.05, 0) is 31.2 Å². The molecule has 0 spiro atoms. The molecule has 0 aliphatic heterocycles. The predicted molar refractivity (Wildman–Crippen MR) is 87.6 cm³/mol. The second-order valence-electron chi connectivity index (χ2n) is 5.80. The van der Waals surface area contributed by atoms with Gasteiger partial charge in [-0.3, -0.25) is 0 Å². The van der Waals surface area contributed by atoms with Crippen molar-refractivity contribution < 1.29 is 4.74 Å². The number of hydrogen-bond donors (Lipinski definition) is 0. The number of methoxy groups -OCH3 is 1. The zero-order valence-corrected chi connectivity index (χ0v) is 14.5. The average molecular weight is 323 g/mol. The molecule has 0 saturated heterocycles. The van der Waals surface area contributed by atoms with Gasteiger partial charge in [-0.2, -0.15) is 0 Å². The van der Waals surface area contributed by atoms with Crippen LogP contribution in [0.1, 0.15) is 32.2 Å². The highest BCUT2D eigenvalue weighted by Crippen LogP contribution is 2.33. The summed E-state index contributed by atoms with van der Waals surface area (Å²) in [5.41, 5.74) is 0.775. The fourth-order valence-corrected chi connectivity index (χ4v) is 2.76. The molecule has 0 saturated carbocycles. The Hall–Kier alpha value is -1.26. The lowest BCUT2D eigenvalue weighted by molar-refractivity contribution is 0.414. The first kappa shape index (κ1) is 16.1. The Morgan fingerprint density at radius 1 is 1.10 bits per heavy atom. The summed E-state index contributed by atoms with van der Waals surface area (Å²) in [6, 6.07) is 7.89. The fourth-order valence-electron chi connectivity index (χ4n) is 1.66. The van der Waals surface area contributed by atoms with Crippen molar-refractivity contribution in [1.29, 1.82) is 0 Å². The summed E-state index contributed by atoms with van der Waals surface area (Å²) in [7, 11) is 1.66. The van der Waals surface area contributed by atoms with Crippen molar-refractivity contribution in [2.75, 3.05) is 7.11 Å². The molecular weight excluding hydrogens is 304 g/mol. The van der Waals surface area contributed by atoms with Crippen LogP contribution in [0.3, 0.4) is 0 Å². The van der Waals surface area contributed by atoms with Crippen LogP contribution in [0.4, 0.5) is 0 Å². The van der Waals surface area contributed by atoms with E-state index in [1.165, 1.54) is 0 Å². The van der Waals surface area contributed by atoms with E-state index in [2.05, 4.69) is 30.7 Å². The molecule has 2 rings (SSSR count). The zero-order chi connectivity index (χ0) is 15.6. The van der Waals surface area contributed by atoms with Gasteiger partial charge in [0.05, 0.1) is 7.11 Å². The highest BCUT2D eigenvalue weighted by Gasteiger charge is 2.21. The van der Waals surface area contributed by atoms with Gasteiger partial charge < -0.3 is 4.74 Å². The van der Waals surface area contributed by atoms with Crippen molar-refractivity contribution in [3.05, 3.63) is 40.8 Å². The number of nitrogens with zero attached hydrogens (tertiary/aromatic N) is 2. The molecule has 1 aromatic carbocycles. The van der Waals surface area contributed by atoms with Gasteiger partial charge in [0.2, 0.25) is 0 Å². The minimum atomic E-state index is -0.132. The van der Waals surface area contributed by atoms with E-state index in [0.29, 0.717) is 5.15 Å². The Kier molecular flexibility index (Phi) is 4.79. The van der Waals surface area contributed by atoms with E-state index in [1.54, 1.807) is 18.9 Å². The lowest BCUT2D eigenvalue weighted by Crippen LogP contribution is -2.17. The van der Waals surface area contributed by atoms with Crippen molar-refractivity contribution >= 4 is 23.4 Å². The molecule has 1 heterocycles. The smallest absolute Gasteiger partial charge is 0.136 e. The number of aromatic nitrogens is 2. The minimum Gasteiger partial charge on any atom is -0.497 e. The maximum atomic E-state index is 6.25. The molecule has 0 fully saturated rings. The highest BCUT2D eigenvalue weighted by molar-refractivity contribution is 7.99. The maximum Gasteiger partial charge on any atom is 0.136 e. The van der Waals surface area contributed by atoms with Crippen LogP contribution in [0.15, 0.2) is 34.2 Å². The van der Waals surface area contributed by atoms with E-state index in [0.717, 1.165) is 27.1 Å². The first-order chi connectivity index (χ1) is 9.81. The molecule has 0 atom stereocenters. The standard InChI is InChI=1S/C16H19ClN2OS/c1-10-13(17)18-15(16(2,3)4)19-14(10)21-12-8-6-11(20-5)7-9-12/h6-9H,1-5H3. The molecule has 0 aliphatic carbocycles. The normalized spacial score (nSPS) is 11.5. The molecule has 3 nitrogen and oxygen atoms in total. The third-order valence-electron chi connectivity index (χ3n) is 2.99. The summed E-state index contributed by atoms with van der Waals surface area (Å²) in [6.45, 7) is 8.18. The summed E-state index contributed by atoms with van der Waals surface area (Å²) >= 11 is 7.84. The number of rotatable bonds is 3. The van der Waals surface area contributed by atoms with Crippen molar-refractivity contribution in [1.82, 2.24) is 9.97 Å². The van der Waals surface area contributed by atoms with Gasteiger partial charge in [0.25, 0.3) is 0 Å². The lowest BCUT2D eigenvalue weighted by atomic mass is 9.96. The van der Waals surface area contributed by atoms with Crippen LogP contribution in [0.25, 0.3) is 0 Å². The van der Waals surface area contributed by atoms with Crippen molar-refractivity contribution in [3.63, 3.8) is 0 Å². The van der Waals surface area contributed by atoms with Gasteiger partial charge in [0.15, 0.2) is 0 Å². The monoisotopic (exact) mass is 322 g/mol. The lowest BCUT2D eigenvalue weighted by Gasteiger charge is -2.18. The fraction of sp³-hybridized carbons (Fsp3) is 0.375. The third kappa shape index (κ3) is 3.89. The van der Waals surface area contributed by atoms with E-state index in [1.807, 2.05) is 31.2 Å². The molecule has 0 bridgehead atoms. The van der Waals surface area contributed by atoms with Crippen LogP contribution in [-0.2, 0) is 5.41 Å². The molecule has 0 unspecified atom stereocenters. The SMILES string of the molecule is COc1ccc(Sc2nc(C(C)(C)C)nc(Cl)c2C)cc1. The second kappa shape index (κ2) is 6.24. The summed E-state index contributed by atoms with van der Waals surface area (Å²) in [4.78, 5) is 10.2. The highest BCUT2D eigenvalue weighted by atomic mass is 35.5. The summed E-state index contributed by atoms with van der Waals surface area (Å²) in [5, 5.41) is 1.41. The van der Waals surface area contributed by atoms with Crippen LogP contribution < -0.4 is 4.74 Å². The van der Waals surface area contributed by atoms with E-state index in [4.69, 9.17) is 16.3 Å². The number of benzene rings is 1. The Bertz CT molecular complexity index is 636. The van der Waals surface area contributed by atoms with E-state index in [-0.39, 0.29) is 5.41 Å². The van der Waals surface area contributed by atoms with Crippen LogP contribution >= 0.6 is 23.4 Å². The van der Waals surface area contributed by atoms with Crippen LogP contribution in [0, 0.1) is 6.92 Å². The quantitative estimate of drug-likeness (QED) is 0.753. The van der Waals surface area contributed by atoms with Crippen LogP contribution in [0.2, 0.25) is 5.15 Å². The number of hydrogen-bond acceptors (Lipinski definition) is 4. The summed E-state index contributed by atoms with van der Waals surface area (Å²) in [6.07, 6.45) is 0. The predicted octanol–water partition coefficient (Wildman–Crippen LogP) is 4.90. The van der Waals surface area contributed by atoms with Crippen molar-refractivity contribution in [2.45, 2.75) is 43.0 Å². The topological polar surface area (TPSA) is 35.0 Å². The Morgan fingerprint density at radius 3 is 2.24 bits per heavy atom. The molecule has 0 aliphatic rings. The first-order valence-corrected chi connectivity index (χ1v) is 7.87. The van der Waals surface area contributed by atoms with Gasteiger partial charge in [-0.25, -0.2) is 9.97 Å². The molecule has 0 N–H and O–H groups in total. The summed E-state index contributed by atoms with van der Waals surface area (Å²) < 4.78 is 5.17. The van der Waals surface area contributed by atoms with E-state index >= 15 is 0 Å². The van der Waals surface area contributed by atoms with Gasteiger partial charge in [0, 0.05) is 15.9 Å². The van der Waals surface area contributed by atoms with Gasteiger partial charge in [-0.15, -0.1) is 0 Å².